The van der Waals surface area contributed by atoms with Crippen molar-refractivity contribution < 1.29 is 14.3 Å². The highest BCUT2D eigenvalue weighted by Crippen LogP contribution is 2.32. The molecule has 2 aromatic carbocycles. The van der Waals surface area contributed by atoms with Crippen molar-refractivity contribution >= 4 is 33.3 Å². The van der Waals surface area contributed by atoms with Gasteiger partial charge < -0.3 is 9.47 Å². The Hall–Kier alpha value is -1.52. The summed E-state index contributed by atoms with van der Waals surface area (Å²) in [4.78, 5) is 12.6. The van der Waals surface area contributed by atoms with Crippen LogP contribution in [0.1, 0.15) is 22.3 Å². The van der Waals surface area contributed by atoms with Gasteiger partial charge in [-0.15, -0.1) is 0 Å². The van der Waals surface area contributed by atoms with Gasteiger partial charge >= 0.3 is 0 Å². The minimum atomic E-state index is -0.136. The monoisotopic (exact) mass is 366 g/mol. The molecule has 1 heterocycles. The number of ketones is 1. The Bertz CT molecular complexity index is 700. The van der Waals surface area contributed by atoms with Gasteiger partial charge in [-0.3, -0.25) is 4.79 Å². The molecule has 0 N–H and O–H groups in total. The molecule has 0 saturated heterocycles. The molecule has 0 bridgehead atoms. The lowest BCUT2D eigenvalue weighted by atomic mass is 10.0. The molecule has 2 aromatic rings. The van der Waals surface area contributed by atoms with Gasteiger partial charge in [0.25, 0.3) is 0 Å². The molecule has 21 heavy (non-hydrogen) atoms. The lowest BCUT2D eigenvalue weighted by Crippen LogP contribution is -2.03. The predicted molar refractivity (Wildman–Crippen MR) is 84.6 cm³/mol. The highest BCUT2D eigenvalue weighted by atomic mass is 79.9. The van der Waals surface area contributed by atoms with E-state index in [4.69, 9.17) is 21.1 Å². The summed E-state index contributed by atoms with van der Waals surface area (Å²) in [6, 6.07) is 10.4. The van der Waals surface area contributed by atoms with Crippen molar-refractivity contribution in [2.75, 3.05) is 13.2 Å². The molecule has 1 aliphatic rings. The van der Waals surface area contributed by atoms with Crippen LogP contribution in [-0.4, -0.2) is 19.0 Å². The Morgan fingerprint density at radius 2 is 1.81 bits per heavy atom. The van der Waals surface area contributed by atoms with E-state index in [2.05, 4.69) is 15.9 Å². The van der Waals surface area contributed by atoms with Crippen molar-refractivity contribution in [1.82, 2.24) is 0 Å². The topological polar surface area (TPSA) is 35.5 Å². The summed E-state index contributed by atoms with van der Waals surface area (Å²) in [5.74, 6) is 1.14. The van der Waals surface area contributed by atoms with Crippen LogP contribution in [0.4, 0.5) is 0 Å². The second-order valence-electron chi connectivity index (χ2n) is 4.67. The van der Waals surface area contributed by atoms with Gasteiger partial charge in [-0.2, -0.15) is 0 Å². The van der Waals surface area contributed by atoms with Gasteiger partial charge in [0, 0.05) is 22.0 Å². The van der Waals surface area contributed by atoms with Crippen LogP contribution in [0.25, 0.3) is 0 Å². The largest absolute Gasteiger partial charge is 0.490 e. The highest BCUT2D eigenvalue weighted by Gasteiger charge is 2.17. The Labute approximate surface area is 136 Å². The Kier molecular flexibility index (Phi) is 4.17. The molecule has 5 heteroatoms. The van der Waals surface area contributed by atoms with Crippen LogP contribution in [0.2, 0.25) is 5.02 Å². The first-order valence-electron chi connectivity index (χ1n) is 6.54. The molecule has 0 fully saturated rings. The molecule has 3 nitrogen and oxygen atoms in total. The summed E-state index contributed by atoms with van der Waals surface area (Å²) in [5.41, 5.74) is 0.998. The number of halogens is 2. The SMILES string of the molecule is O=C(c1ccc2c(c1)OCCCO2)c1ccc(Br)cc1Cl. The lowest BCUT2D eigenvalue weighted by molar-refractivity contribution is 0.103. The minimum Gasteiger partial charge on any atom is -0.490 e. The first kappa shape index (κ1) is 14.4. The number of ether oxygens (including phenoxy) is 2. The van der Waals surface area contributed by atoms with Crippen LogP contribution >= 0.6 is 27.5 Å². The molecule has 0 aromatic heterocycles. The van der Waals surface area contributed by atoms with E-state index in [0.29, 0.717) is 40.9 Å². The molecule has 0 aliphatic carbocycles. The fraction of sp³-hybridized carbons (Fsp3) is 0.188. The fourth-order valence-electron chi connectivity index (χ4n) is 2.13. The van der Waals surface area contributed by atoms with E-state index in [0.717, 1.165) is 10.9 Å². The second kappa shape index (κ2) is 6.08. The summed E-state index contributed by atoms with van der Waals surface area (Å²) in [5, 5.41) is 0.418. The molecule has 1 aliphatic heterocycles. The molecular formula is C16H12BrClO3. The van der Waals surface area contributed by atoms with E-state index in [9.17, 15) is 4.79 Å². The number of hydrogen-bond acceptors (Lipinski definition) is 3. The normalized spacial score (nSPS) is 13.6. The summed E-state index contributed by atoms with van der Waals surface area (Å²) < 4.78 is 12.0. The van der Waals surface area contributed by atoms with Crippen molar-refractivity contribution in [3.05, 3.63) is 57.0 Å². The molecule has 0 atom stereocenters. The molecule has 0 saturated carbocycles. The van der Waals surface area contributed by atoms with Crippen molar-refractivity contribution in [3.8, 4) is 11.5 Å². The number of rotatable bonds is 2. The predicted octanol–water partition coefficient (Wildman–Crippen LogP) is 4.49. The first-order chi connectivity index (χ1) is 10.1. The zero-order valence-corrected chi connectivity index (χ0v) is 13.4. The smallest absolute Gasteiger partial charge is 0.194 e. The van der Waals surface area contributed by atoms with Gasteiger partial charge in [-0.1, -0.05) is 27.5 Å². The molecule has 0 amide bonds. The van der Waals surface area contributed by atoms with Crippen LogP contribution in [0.5, 0.6) is 11.5 Å². The molecule has 108 valence electrons. The van der Waals surface area contributed by atoms with Gasteiger partial charge in [0.05, 0.1) is 18.2 Å². The first-order valence-corrected chi connectivity index (χ1v) is 7.71. The number of hydrogen-bond donors (Lipinski definition) is 0. The minimum absolute atomic E-state index is 0.136. The van der Waals surface area contributed by atoms with Crippen LogP contribution < -0.4 is 9.47 Å². The maximum absolute atomic E-state index is 12.6. The van der Waals surface area contributed by atoms with E-state index in [-0.39, 0.29) is 5.78 Å². The van der Waals surface area contributed by atoms with Gasteiger partial charge in [0.2, 0.25) is 0 Å². The number of fused-ring (bicyclic) bond motifs is 1. The van der Waals surface area contributed by atoms with E-state index in [1.807, 2.05) is 0 Å². The van der Waals surface area contributed by atoms with Crippen molar-refractivity contribution in [2.45, 2.75) is 6.42 Å². The van der Waals surface area contributed by atoms with E-state index in [1.54, 1.807) is 36.4 Å². The van der Waals surface area contributed by atoms with Crippen molar-refractivity contribution in [1.29, 1.82) is 0 Å². The van der Waals surface area contributed by atoms with Crippen LogP contribution in [0, 0.1) is 0 Å². The summed E-state index contributed by atoms with van der Waals surface area (Å²) in [7, 11) is 0. The third-order valence-corrected chi connectivity index (χ3v) is 3.99. The Morgan fingerprint density at radius 3 is 2.57 bits per heavy atom. The fourth-order valence-corrected chi connectivity index (χ4v) is 2.89. The van der Waals surface area contributed by atoms with Crippen molar-refractivity contribution in [3.63, 3.8) is 0 Å². The third-order valence-electron chi connectivity index (χ3n) is 3.19. The molecule has 0 unspecified atom stereocenters. The summed E-state index contributed by atoms with van der Waals surface area (Å²) in [6.07, 6.45) is 0.830. The molecular weight excluding hydrogens is 356 g/mol. The van der Waals surface area contributed by atoms with Crippen LogP contribution in [0.15, 0.2) is 40.9 Å². The molecule has 0 radical (unpaired) electrons. The van der Waals surface area contributed by atoms with Gasteiger partial charge in [-0.25, -0.2) is 0 Å². The van der Waals surface area contributed by atoms with Gasteiger partial charge in [0.15, 0.2) is 17.3 Å². The number of benzene rings is 2. The third kappa shape index (κ3) is 3.06. The second-order valence-corrected chi connectivity index (χ2v) is 5.99. The quantitative estimate of drug-likeness (QED) is 0.733. The average Bonchev–Trinajstić information content (AvgIpc) is 2.71. The van der Waals surface area contributed by atoms with Crippen LogP contribution in [0.3, 0.4) is 0 Å². The van der Waals surface area contributed by atoms with E-state index < -0.39 is 0 Å². The highest BCUT2D eigenvalue weighted by molar-refractivity contribution is 9.10. The maximum Gasteiger partial charge on any atom is 0.194 e. The average molecular weight is 368 g/mol. The van der Waals surface area contributed by atoms with Gasteiger partial charge in [0.1, 0.15) is 0 Å². The van der Waals surface area contributed by atoms with Gasteiger partial charge in [-0.05, 0) is 36.4 Å². The summed E-state index contributed by atoms with van der Waals surface area (Å²) >= 11 is 9.46. The zero-order chi connectivity index (χ0) is 14.8. The van der Waals surface area contributed by atoms with E-state index >= 15 is 0 Å². The lowest BCUT2D eigenvalue weighted by Gasteiger charge is -2.09. The Morgan fingerprint density at radius 1 is 1.05 bits per heavy atom. The maximum atomic E-state index is 12.6. The van der Waals surface area contributed by atoms with Crippen LogP contribution in [-0.2, 0) is 0 Å². The Balaban J connectivity index is 1.96. The van der Waals surface area contributed by atoms with Crippen molar-refractivity contribution in [2.24, 2.45) is 0 Å². The van der Waals surface area contributed by atoms with E-state index in [1.165, 1.54) is 0 Å². The molecule has 3 rings (SSSR count). The summed E-state index contributed by atoms with van der Waals surface area (Å²) in [6.45, 7) is 1.21. The molecule has 0 spiro atoms. The number of carbonyl (C=O) groups excluding carboxylic acids is 1. The zero-order valence-electron chi connectivity index (χ0n) is 11.1. The number of carbonyl (C=O) groups is 1. The standard InChI is InChI=1S/C16H12BrClO3/c17-11-3-4-12(13(18)9-11)16(19)10-2-5-14-15(8-10)21-7-1-6-20-14/h2-5,8-9H,1,6-7H2.